The summed E-state index contributed by atoms with van der Waals surface area (Å²) >= 11 is 0. The average Bonchev–Trinajstić information content (AvgIpc) is 3.10. The number of anilines is 1. The summed E-state index contributed by atoms with van der Waals surface area (Å²) in [5.41, 5.74) is 1.69. The summed E-state index contributed by atoms with van der Waals surface area (Å²) < 4.78 is 4.71. The summed E-state index contributed by atoms with van der Waals surface area (Å²) in [4.78, 5) is 22.0. The third-order valence-corrected chi connectivity index (χ3v) is 3.01. The van der Waals surface area contributed by atoms with Gasteiger partial charge in [-0.1, -0.05) is 12.1 Å². The van der Waals surface area contributed by atoms with Crippen molar-refractivity contribution in [1.29, 1.82) is 0 Å². The Hall–Kier alpha value is -1.88. The number of amides is 1. The standard InChI is InChI=1S/C13H15NO4/c1-18-7-12(15)14-9-4-2-8(3-5-9)10-6-11(10)13(16)17/h2-5,10-11H,6-7H2,1H3,(H,14,15)(H,16,17)/t10-,11+/m0/s1. The van der Waals surface area contributed by atoms with E-state index in [2.05, 4.69) is 5.32 Å². The number of carboxylic acids is 1. The normalized spacial score (nSPS) is 21.4. The van der Waals surface area contributed by atoms with Gasteiger partial charge in [-0.2, -0.15) is 0 Å². The molecule has 0 unspecified atom stereocenters. The van der Waals surface area contributed by atoms with Crippen LogP contribution in [-0.4, -0.2) is 30.7 Å². The van der Waals surface area contributed by atoms with E-state index >= 15 is 0 Å². The van der Waals surface area contributed by atoms with E-state index in [0.717, 1.165) is 5.56 Å². The lowest BCUT2D eigenvalue weighted by Gasteiger charge is -2.05. The van der Waals surface area contributed by atoms with Crippen LogP contribution in [0, 0.1) is 5.92 Å². The van der Waals surface area contributed by atoms with Crippen molar-refractivity contribution >= 4 is 17.6 Å². The van der Waals surface area contributed by atoms with Gasteiger partial charge in [-0.3, -0.25) is 9.59 Å². The number of nitrogens with one attached hydrogen (secondary N) is 1. The smallest absolute Gasteiger partial charge is 0.307 e. The molecule has 96 valence electrons. The van der Waals surface area contributed by atoms with Crippen LogP contribution in [0.25, 0.3) is 0 Å². The Morgan fingerprint density at radius 3 is 2.56 bits per heavy atom. The average molecular weight is 249 g/mol. The fourth-order valence-corrected chi connectivity index (χ4v) is 1.98. The third kappa shape index (κ3) is 2.87. The molecule has 1 aliphatic carbocycles. The van der Waals surface area contributed by atoms with Crippen molar-refractivity contribution in [2.75, 3.05) is 19.0 Å². The Kier molecular flexibility index (Phi) is 3.62. The number of carbonyl (C=O) groups is 2. The van der Waals surface area contributed by atoms with E-state index in [0.29, 0.717) is 12.1 Å². The second kappa shape index (κ2) is 5.18. The lowest BCUT2D eigenvalue weighted by atomic mass is 10.1. The number of hydrogen-bond donors (Lipinski definition) is 2. The molecule has 2 N–H and O–H groups in total. The summed E-state index contributed by atoms with van der Waals surface area (Å²) in [6, 6.07) is 7.27. The molecule has 0 heterocycles. The van der Waals surface area contributed by atoms with Gasteiger partial charge in [0, 0.05) is 12.8 Å². The first-order valence-electron chi connectivity index (χ1n) is 5.73. The number of benzene rings is 1. The largest absolute Gasteiger partial charge is 0.481 e. The number of carbonyl (C=O) groups excluding carboxylic acids is 1. The molecule has 0 aliphatic heterocycles. The number of hydrogen-bond acceptors (Lipinski definition) is 3. The van der Waals surface area contributed by atoms with Crippen LogP contribution in [0.2, 0.25) is 0 Å². The molecule has 1 saturated carbocycles. The molecule has 5 heteroatoms. The molecule has 2 rings (SSSR count). The zero-order chi connectivity index (χ0) is 13.1. The van der Waals surface area contributed by atoms with E-state index in [1.54, 1.807) is 12.1 Å². The maximum atomic E-state index is 11.3. The zero-order valence-electron chi connectivity index (χ0n) is 10.1. The van der Waals surface area contributed by atoms with E-state index in [9.17, 15) is 9.59 Å². The highest BCUT2D eigenvalue weighted by Gasteiger charge is 2.43. The van der Waals surface area contributed by atoms with Gasteiger partial charge in [-0.15, -0.1) is 0 Å². The summed E-state index contributed by atoms with van der Waals surface area (Å²) in [7, 11) is 1.46. The van der Waals surface area contributed by atoms with Crippen LogP contribution >= 0.6 is 0 Å². The first kappa shape index (κ1) is 12.6. The molecule has 1 amide bonds. The number of aliphatic carboxylic acids is 1. The number of rotatable bonds is 5. The van der Waals surface area contributed by atoms with Gasteiger partial charge in [-0.05, 0) is 30.0 Å². The van der Waals surface area contributed by atoms with Crippen LogP contribution in [0.3, 0.4) is 0 Å². The first-order chi connectivity index (χ1) is 8.61. The highest BCUT2D eigenvalue weighted by molar-refractivity contribution is 5.91. The van der Waals surface area contributed by atoms with Gasteiger partial charge < -0.3 is 15.2 Å². The fraction of sp³-hybridized carbons (Fsp3) is 0.385. The monoisotopic (exact) mass is 249 g/mol. The van der Waals surface area contributed by atoms with Crippen LogP contribution in [0.1, 0.15) is 17.9 Å². The molecule has 0 saturated heterocycles. The van der Waals surface area contributed by atoms with E-state index < -0.39 is 5.97 Å². The molecule has 1 aliphatic rings. The summed E-state index contributed by atoms with van der Waals surface area (Å²) in [5, 5.41) is 11.5. The molecule has 0 radical (unpaired) electrons. The van der Waals surface area contributed by atoms with Gasteiger partial charge in [0.15, 0.2) is 0 Å². The van der Waals surface area contributed by atoms with Crippen molar-refractivity contribution in [2.24, 2.45) is 5.92 Å². The highest BCUT2D eigenvalue weighted by Crippen LogP contribution is 2.47. The van der Waals surface area contributed by atoms with Gasteiger partial charge in [0.2, 0.25) is 5.91 Å². The molecule has 1 aromatic rings. The molecule has 2 atom stereocenters. The minimum absolute atomic E-state index is 0.0193. The Bertz CT molecular complexity index is 455. The first-order valence-corrected chi connectivity index (χ1v) is 5.73. The minimum atomic E-state index is -0.738. The quantitative estimate of drug-likeness (QED) is 0.828. The van der Waals surface area contributed by atoms with Gasteiger partial charge in [0.25, 0.3) is 0 Å². The van der Waals surface area contributed by atoms with Crippen molar-refractivity contribution in [3.63, 3.8) is 0 Å². The molecule has 0 aromatic heterocycles. The van der Waals surface area contributed by atoms with Gasteiger partial charge in [0.1, 0.15) is 6.61 Å². The second-order valence-electron chi connectivity index (χ2n) is 4.39. The molecule has 0 bridgehead atoms. The molecule has 5 nitrogen and oxygen atoms in total. The Morgan fingerprint density at radius 1 is 1.39 bits per heavy atom. The SMILES string of the molecule is COCC(=O)Nc1ccc([C@@H]2C[C@H]2C(=O)O)cc1. The van der Waals surface area contributed by atoms with Crippen LogP contribution < -0.4 is 5.32 Å². The number of ether oxygens (including phenoxy) is 1. The van der Waals surface area contributed by atoms with E-state index in [1.807, 2.05) is 12.1 Å². The molecule has 1 fully saturated rings. The van der Waals surface area contributed by atoms with Gasteiger partial charge >= 0.3 is 5.97 Å². The predicted molar refractivity (Wildman–Crippen MR) is 65.4 cm³/mol. The second-order valence-corrected chi connectivity index (χ2v) is 4.39. The fourth-order valence-electron chi connectivity index (χ4n) is 1.98. The zero-order valence-corrected chi connectivity index (χ0v) is 10.1. The predicted octanol–water partition coefficient (Wildman–Crippen LogP) is 1.46. The third-order valence-electron chi connectivity index (χ3n) is 3.01. The van der Waals surface area contributed by atoms with E-state index in [-0.39, 0.29) is 24.3 Å². The van der Waals surface area contributed by atoms with E-state index in [1.165, 1.54) is 7.11 Å². The summed E-state index contributed by atoms with van der Waals surface area (Å²) in [5.74, 6) is -1.08. The topological polar surface area (TPSA) is 75.6 Å². The molecule has 0 spiro atoms. The maximum Gasteiger partial charge on any atom is 0.307 e. The number of methoxy groups -OCH3 is 1. The number of carboxylic acid groups (broad SMARTS) is 1. The Labute approximate surface area is 105 Å². The molecule has 1 aromatic carbocycles. The highest BCUT2D eigenvalue weighted by atomic mass is 16.5. The molecular weight excluding hydrogens is 234 g/mol. The van der Waals surface area contributed by atoms with Gasteiger partial charge in [-0.25, -0.2) is 0 Å². The summed E-state index contributed by atoms with van der Waals surface area (Å²) in [6.45, 7) is 0.0193. The van der Waals surface area contributed by atoms with Crippen molar-refractivity contribution in [3.8, 4) is 0 Å². The molecule has 18 heavy (non-hydrogen) atoms. The summed E-state index contributed by atoms with van der Waals surface area (Å²) in [6.07, 6.45) is 0.699. The van der Waals surface area contributed by atoms with E-state index in [4.69, 9.17) is 9.84 Å². The van der Waals surface area contributed by atoms with Crippen LogP contribution in [-0.2, 0) is 14.3 Å². The Balaban J connectivity index is 1.94. The van der Waals surface area contributed by atoms with Crippen LogP contribution in [0.5, 0.6) is 0 Å². The lowest BCUT2D eigenvalue weighted by Crippen LogP contribution is -2.16. The Morgan fingerprint density at radius 2 is 2.06 bits per heavy atom. The van der Waals surface area contributed by atoms with Crippen molar-refractivity contribution < 1.29 is 19.4 Å². The minimum Gasteiger partial charge on any atom is -0.481 e. The van der Waals surface area contributed by atoms with Crippen molar-refractivity contribution in [3.05, 3.63) is 29.8 Å². The maximum absolute atomic E-state index is 11.3. The van der Waals surface area contributed by atoms with Crippen LogP contribution in [0.4, 0.5) is 5.69 Å². The van der Waals surface area contributed by atoms with Gasteiger partial charge in [0.05, 0.1) is 5.92 Å². The van der Waals surface area contributed by atoms with Crippen molar-refractivity contribution in [1.82, 2.24) is 0 Å². The van der Waals surface area contributed by atoms with Crippen molar-refractivity contribution in [2.45, 2.75) is 12.3 Å². The van der Waals surface area contributed by atoms with Crippen LogP contribution in [0.15, 0.2) is 24.3 Å². The lowest BCUT2D eigenvalue weighted by molar-refractivity contribution is -0.138. The molecular formula is C13H15NO4.